The molecule has 35 heavy (non-hydrogen) atoms. The number of fused-ring (bicyclic) bond motifs is 1. The third kappa shape index (κ3) is 5.57. The molecule has 1 aliphatic rings. The van der Waals surface area contributed by atoms with E-state index in [1.54, 1.807) is 19.2 Å². The third-order valence-electron chi connectivity index (χ3n) is 6.42. The zero-order valence-electron chi connectivity index (χ0n) is 20.2. The van der Waals surface area contributed by atoms with E-state index in [9.17, 15) is 14.0 Å². The van der Waals surface area contributed by atoms with Crippen LogP contribution in [-0.2, 0) is 11.3 Å². The van der Waals surface area contributed by atoms with Crippen LogP contribution in [0.2, 0.25) is 0 Å². The Morgan fingerprint density at radius 2 is 1.86 bits per heavy atom. The van der Waals surface area contributed by atoms with Gasteiger partial charge in [0.1, 0.15) is 12.3 Å². The molecule has 3 aromatic rings. The van der Waals surface area contributed by atoms with Gasteiger partial charge in [-0.15, -0.1) is 0 Å². The van der Waals surface area contributed by atoms with Crippen LogP contribution in [0.4, 0.5) is 10.3 Å². The minimum absolute atomic E-state index is 0.00825. The van der Waals surface area contributed by atoms with Gasteiger partial charge in [0, 0.05) is 50.4 Å². The lowest BCUT2D eigenvalue weighted by Crippen LogP contribution is -2.47. The normalized spacial score (nSPS) is 16.1. The fourth-order valence-electron chi connectivity index (χ4n) is 4.31. The first-order valence-corrected chi connectivity index (χ1v) is 11.8. The molecule has 1 N–H and O–H groups in total. The third-order valence-corrected chi connectivity index (χ3v) is 6.42. The molecule has 3 heterocycles. The van der Waals surface area contributed by atoms with Crippen LogP contribution in [0.15, 0.2) is 60.0 Å². The maximum atomic E-state index is 13.3. The van der Waals surface area contributed by atoms with Crippen LogP contribution in [0.1, 0.15) is 37.1 Å². The fraction of sp³-hybridized carbons (Fsp3) is 0.385. The quantitative estimate of drug-likeness (QED) is 0.500. The van der Waals surface area contributed by atoms with Gasteiger partial charge in [0.2, 0.25) is 11.9 Å². The van der Waals surface area contributed by atoms with Crippen molar-refractivity contribution in [3.63, 3.8) is 0 Å². The van der Waals surface area contributed by atoms with Crippen molar-refractivity contribution < 1.29 is 9.18 Å². The Labute approximate surface area is 204 Å². The monoisotopic (exact) mass is 478 g/mol. The zero-order chi connectivity index (χ0) is 24.9. The number of aromatic nitrogens is 3. The Morgan fingerprint density at radius 3 is 2.51 bits per heavy atom. The second-order valence-corrected chi connectivity index (χ2v) is 8.93. The molecule has 0 unspecified atom stereocenters. The highest BCUT2D eigenvalue weighted by Gasteiger charge is 2.19. The predicted molar refractivity (Wildman–Crippen MR) is 135 cm³/mol. The maximum Gasteiger partial charge on any atom is 0.252 e. The van der Waals surface area contributed by atoms with Crippen LogP contribution in [0.5, 0.6) is 0 Å². The highest BCUT2D eigenvalue weighted by Crippen LogP contribution is 2.21. The minimum atomic E-state index is -0.656. The lowest BCUT2D eigenvalue weighted by Gasteiger charge is -2.34. The van der Waals surface area contributed by atoms with Crippen molar-refractivity contribution in [1.29, 1.82) is 0 Å². The van der Waals surface area contributed by atoms with Crippen LogP contribution in [-0.4, -0.2) is 63.1 Å². The fourth-order valence-corrected chi connectivity index (χ4v) is 4.31. The average Bonchev–Trinajstić information content (AvgIpc) is 2.88. The van der Waals surface area contributed by atoms with Gasteiger partial charge in [0.05, 0.1) is 12.1 Å². The summed E-state index contributed by atoms with van der Waals surface area (Å²) in [6, 6.07) is 10.8. The number of carbonyl (C=O) groups excluding carboxylic acids is 1. The van der Waals surface area contributed by atoms with Crippen molar-refractivity contribution in [3.8, 4) is 0 Å². The number of nitrogens with one attached hydrogen (secondary N) is 1. The van der Waals surface area contributed by atoms with Crippen LogP contribution in [0, 0.1) is 0 Å². The number of pyridine rings is 1. The predicted octanol–water partition coefficient (Wildman–Crippen LogP) is 3.33. The second kappa shape index (κ2) is 10.8. The molecule has 8 nitrogen and oxygen atoms in total. The molecule has 184 valence electrons. The van der Waals surface area contributed by atoms with Gasteiger partial charge in [-0.2, -0.15) is 4.98 Å². The van der Waals surface area contributed by atoms with Crippen LogP contribution >= 0.6 is 0 Å². The van der Waals surface area contributed by atoms with Gasteiger partial charge in [-0.3, -0.25) is 19.1 Å². The Kier molecular flexibility index (Phi) is 7.55. The topological polar surface area (TPSA) is 83.4 Å². The number of piperazine rings is 1. The van der Waals surface area contributed by atoms with Crippen LogP contribution in [0.3, 0.4) is 0 Å². The molecule has 1 amide bonds. The summed E-state index contributed by atoms with van der Waals surface area (Å²) in [5, 5.41) is 3.97. The molecule has 9 heteroatoms. The summed E-state index contributed by atoms with van der Waals surface area (Å²) >= 11 is 0. The molecule has 0 radical (unpaired) electrons. The van der Waals surface area contributed by atoms with Crippen molar-refractivity contribution in [2.45, 2.75) is 32.5 Å². The van der Waals surface area contributed by atoms with E-state index < -0.39 is 12.7 Å². The van der Waals surface area contributed by atoms with Gasteiger partial charge in [0.25, 0.3) is 5.56 Å². The first kappa shape index (κ1) is 24.5. The Balaban J connectivity index is 1.41. The lowest BCUT2D eigenvalue weighted by molar-refractivity contribution is -0.127. The summed E-state index contributed by atoms with van der Waals surface area (Å²) in [5.74, 6) is 0.373. The number of hydrogen-bond acceptors (Lipinski definition) is 6. The number of amides is 1. The van der Waals surface area contributed by atoms with E-state index in [0.29, 0.717) is 30.1 Å². The number of rotatable bonds is 8. The minimum Gasteiger partial charge on any atom is -0.348 e. The number of anilines is 1. The lowest BCUT2D eigenvalue weighted by atomic mass is 10.1. The standard InChI is InChI=1S/C26H31FN6O2/c1-4-23(34)32-13-11-31(12-14-32)17-20-5-7-21(8-6-20)19(3)29-26-28-16-22-9-10-24(35)33(18(2)15-27)25(22)30-26/h4-10,16,18-19H,1,11-15,17H2,2-3H3,(H,28,29,30)/t18-,19-/m0/s1. The molecule has 1 fully saturated rings. The van der Waals surface area contributed by atoms with Gasteiger partial charge < -0.3 is 10.2 Å². The number of nitrogens with zero attached hydrogens (tertiary/aromatic N) is 5. The SMILES string of the molecule is C=CC(=O)N1CCN(Cc2ccc([C@H](C)Nc3ncc4ccc(=O)n([C@@H](C)CF)c4n3)cc2)CC1. The number of benzene rings is 1. The number of halogens is 1. The van der Waals surface area contributed by atoms with Crippen molar-refractivity contribution in [1.82, 2.24) is 24.3 Å². The zero-order valence-corrected chi connectivity index (χ0v) is 20.2. The van der Waals surface area contributed by atoms with Gasteiger partial charge in [-0.05, 0) is 37.1 Å². The van der Waals surface area contributed by atoms with Gasteiger partial charge in [-0.25, -0.2) is 9.37 Å². The number of hydrogen-bond donors (Lipinski definition) is 1. The first-order chi connectivity index (χ1) is 16.9. The van der Waals surface area contributed by atoms with Crippen molar-refractivity contribution in [2.24, 2.45) is 0 Å². The highest BCUT2D eigenvalue weighted by atomic mass is 19.1. The van der Waals surface area contributed by atoms with E-state index in [4.69, 9.17) is 0 Å². The van der Waals surface area contributed by atoms with E-state index in [1.165, 1.54) is 22.3 Å². The molecule has 4 rings (SSSR count). The Bertz CT molecular complexity index is 1250. The second-order valence-electron chi connectivity index (χ2n) is 8.93. The molecule has 1 aliphatic heterocycles. The smallest absolute Gasteiger partial charge is 0.252 e. The molecule has 0 spiro atoms. The number of alkyl halides is 1. The molecule has 1 aromatic carbocycles. The summed E-state index contributed by atoms with van der Waals surface area (Å²) in [7, 11) is 0. The van der Waals surface area contributed by atoms with Crippen molar-refractivity contribution in [2.75, 3.05) is 38.2 Å². The maximum absolute atomic E-state index is 13.3. The summed E-state index contributed by atoms with van der Waals surface area (Å²) in [6.07, 6.45) is 3.01. The Hall–Kier alpha value is -3.59. The number of carbonyl (C=O) groups is 1. The first-order valence-electron chi connectivity index (χ1n) is 11.8. The van der Waals surface area contributed by atoms with E-state index in [1.807, 2.05) is 11.8 Å². The molecular weight excluding hydrogens is 447 g/mol. The van der Waals surface area contributed by atoms with Crippen molar-refractivity contribution in [3.05, 3.63) is 76.7 Å². The van der Waals surface area contributed by atoms with Crippen LogP contribution in [0.25, 0.3) is 11.0 Å². The molecule has 0 aliphatic carbocycles. The molecule has 1 saturated heterocycles. The molecule has 0 saturated carbocycles. The highest BCUT2D eigenvalue weighted by molar-refractivity contribution is 5.87. The molecule has 2 atom stereocenters. The van der Waals surface area contributed by atoms with Crippen LogP contribution < -0.4 is 10.9 Å². The summed E-state index contributed by atoms with van der Waals surface area (Å²) in [4.78, 5) is 37.1. The summed E-state index contributed by atoms with van der Waals surface area (Å²) in [6.45, 7) is 10.5. The van der Waals surface area contributed by atoms with Gasteiger partial charge >= 0.3 is 0 Å². The average molecular weight is 479 g/mol. The van der Waals surface area contributed by atoms with E-state index >= 15 is 0 Å². The largest absolute Gasteiger partial charge is 0.348 e. The Morgan fingerprint density at radius 1 is 1.14 bits per heavy atom. The summed E-state index contributed by atoms with van der Waals surface area (Å²) in [5.41, 5.74) is 2.40. The van der Waals surface area contributed by atoms with E-state index in [0.717, 1.165) is 25.2 Å². The summed E-state index contributed by atoms with van der Waals surface area (Å²) < 4.78 is 14.7. The van der Waals surface area contributed by atoms with E-state index in [-0.39, 0.29) is 17.5 Å². The van der Waals surface area contributed by atoms with Gasteiger partial charge in [0.15, 0.2) is 0 Å². The van der Waals surface area contributed by atoms with Gasteiger partial charge in [-0.1, -0.05) is 30.8 Å². The van der Waals surface area contributed by atoms with Crippen molar-refractivity contribution >= 4 is 22.9 Å². The van der Waals surface area contributed by atoms with E-state index in [2.05, 4.69) is 51.0 Å². The molecular formula is C26H31FN6O2. The molecule has 0 bridgehead atoms. The molecule has 2 aromatic heterocycles.